The van der Waals surface area contributed by atoms with Crippen molar-refractivity contribution in [1.82, 2.24) is 9.80 Å². The van der Waals surface area contributed by atoms with E-state index in [4.69, 9.17) is 9.47 Å². The molecule has 7 nitrogen and oxygen atoms in total. The molecule has 1 fully saturated rings. The van der Waals surface area contributed by atoms with E-state index < -0.39 is 6.10 Å². The molecule has 0 aliphatic carbocycles. The Kier molecular flexibility index (Phi) is 5.43. The van der Waals surface area contributed by atoms with Crippen molar-refractivity contribution in [3.8, 4) is 11.5 Å². The van der Waals surface area contributed by atoms with Crippen molar-refractivity contribution in [2.75, 3.05) is 44.6 Å². The molecule has 0 bridgehead atoms. The third-order valence-electron chi connectivity index (χ3n) is 4.89. The maximum atomic E-state index is 12.8. The van der Waals surface area contributed by atoms with Gasteiger partial charge in [0, 0.05) is 31.9 Å². The number of anilines is 1. The lowest BCUT2D eigenvalue weighted by Gasteiger charge is -2.36. The van der Waals surface area contributed by atoms with E-state index in [0.29, 0.717) is 44.2 Å². The summed E-state index contributed by atoms with van der Waals surface area (Å²) in [6.07, 6.45) is -0.622. The van der Waals surface area contributed by atoms with Crippen LogP contribution in [0.25, 0.3) is 0 Å². The maximum absolute atomic E-state index is 12.8. The van der Waals surface area contributed by atoms with Crippen LogP contribution in [0.4, 0.5) is 5.69 Å². The van der Waals surface area contributed by atoms with Gasteiger partial charge in [-0.15, -0.1) is 0 Å². The molecule has 2 aliphatic heterocycles. The molecule has 0 unspecified atom stereocenters. The first kappa shape index (κ1) is 18.3. The van der Waals surface area contributed by atoms with E-state index in [1.54, 1.807) is 11.0 Å². The predicted octanol–water partition coefficient (Wildman–Crippen LogP) is 1.61. The topological polar surface area (TPSA) is 71.1 Å². The molecular formula is C21H23N3O4. The summed E-state index contributed by atoms with van der Waals surface area (Å²) in [5.41, 5.74) is 0.788. The smallest absolute Gasteiger partial charge is 0.267 e. The Morgan fingerprint density at radius 1 is 0.929 bits per heavy atom. The summed E-state index contributed by atoms with van der Waals surface area (Å²) in [6.45, 7) is 2.97. The Bertz CT molecular complexity index is 835. The van der Waals surface area contributed by atoms with Crippen LogP contribution < -0.4 is 14.8 Å². The predicted molar refractivity (Wildman–Crippen MR) is 104 cm³/mol. The molecule has 0 spiro atoms. The molecule has 1 saturated heterocycles. The van der Waals surface area contributed by atoms with Gasteiger partial charge in [0.05, 0.1) is 6.54 Å². The van der Waals surface area contributed by atoms with Crippen LogP contribution >= 0.6 is 0 Å². The van der Waals surface area contributed by atoms with Crippen molar-refractivity contribution in [3.63, 3.8) is 0 Å². The molecule has 2 aromatic carbocycles. The van der Waals surface area contributed by atoms with Gasteiger partial charge in [0.2, 0.25) is 12.0 Å². The van der Waals surface area contributed by atoms with E-state index in [1.807, 2.05) is 48.5 Å². The number of amides is 2. The monoisotopic (exact) mass is 381 g/mol. The molecule has 2 aliphatic rings. The van der Waals surface area contributed by atoms with Crippen molar-refractivity contribution < 1.29 is 19.1 Å². The van der Waals surface area contributed by atoms with Crippen molar-refractivity contribution >= 4 is 17.5 Å². The molecule has 4 rings (SSSR count). The second kappa shape index (κ2) is 8.31. The number of carbonyl (C=O) groups is 2. The maximum Gasteiger partial charge on any atom is 0.267 e. The lowest BCUT2D eigenvalue weighted by molar-refractivity contribution is -0.143. The summed E-state index contributed by atoms with van der Waals surface area (Å²) in [4.78, 5) is 28.8. The summed E-state index contributed by atoms with van der Waals surface area (Å²) in [5, 5.41) is 2.89. The van der Waals surface area contributed by atoms with Gasteiger partial charge >= 0.3 is 0 Å². The second-order valence-corrected chi connectivity index (χ2v) is 6.88. The normalized spacial score (nSPS) is 19.1. The van der Waals surface area contributed by atoms with Gasteiger partial charge in [-0.25, -0.2) is 0 Å². The standard InChI is InChI=1S/C21H23N3O4/c25-20(22-16-6-2-1-3-7-16)14-23-10-12-24(13-11-23)21(26)19-15-27-17-8-4-5-9-18(17)28-19/h1-9,19H,10-15H2,(H,22,25)/t19-/m1/s1. The molecule has 0 saturated carbocycles. The number of carbonyl (C=O) groups excluding carboxylic acids is 2. The lowest BCUT2D eigenvalue weighted by Crippen LogP contribution is -2.54. The number of hydrogen-bond donors (Lipinski definition) is 1. The number of hydrogen-bond acceptors (Lipinski definition) is 5. The molecule has 2 amide bonds. The van der Waals surface area contributed by atoms with E-state index in [0.717, 1.165) is 5.69 Å². The summed E-state index contributed by atoms with van der Waals surface area (Å²) in [7, 11) is 0. The first-order chi connectivity index (χ1) is 13.7. The van der Waals surface area contributed by atoms with Gasteiger partial charge in [0.15, 0.2) is 11.5 Å². The summed E-state index contributed by atoms with van der Waals surface area (Å²) in [6, 6.07) is 16.8. The number of benzene rings is 2. The fourth-order valence-corrected chi connectivity index (χ4v) is 3.40. The summed E-state index contributed by atoms with van der Waals surface area (Å²) >= 11 is 0. The molecule has 1 N–H and O–H groups in total. The fraction of sp³-hybridized carbons (Fsp3) is 0.333. The van der Waals surface area contributed by atoms with E-state index in [2.05, 4.69) is 10.2 Å². The highest BCUT2D eigenvalue weighted by atomic mass is 16.6. The molecule has 1 atom stereocenters. The number of rotatable bonds is 4. The first-order valence-corrected chi connectivity index (χ1v) is 9.43. The van der Waals surface area contributed by atoms with Crippen LogP contribution in [0.1, 0.15) is 0 Å². The number of nitrogens with zero attached hydrogens (tertiary/aromatic N) is 2. The van der Waals surface area contributed by atoms with Crippen LogP contribution in [0.5, 0.6) is 11.5 Å². The van der Waals surface area contributed by atoms with Crippen LogP contribution in [0.15, 0.2) is 54.6 Å². The summed E-state index contributed by atoms with van der Waals surface area (Å²) < 4.78 is 11.5. The largest absolute Gasteiger partial charge is 0.485 e. The van der Waals surface area contributed by atoms with Crippen molar-refractivity contribution in [2.24, 2.45) is 0 Å². The average Bonchev–Trinajstić information content (AvgIpc) is 2.74. The lowest BCUT2D eigenvalue weighted by atomic mass is 10.2. The minimum Gasteiger partial charge on any atom is -0.485 e. The van der Waals surface area contributed by atoms with Crippen LogP contribution in [0, 0.1) is 0 Å². The number of piperazine rings is 1. The highest BCUT2D eigenvalue weighted by Crippen LogP contribution is 2.31. The zero-order valence-electron chi connectivity index (χ0n) is 15.5. The first-order valence-electron chi connectivity index (χ1n) is 9.43. The minimum atomic E-state index is -0.622. The van der Waals surface area contributed by atoms with Crippen LogP contribution in [-0.2, 0) is 9.59 Å². The van der Waals surface area contributed by atoms with Gasteiger partial charge in [-0.1, -0.05) is 30.3 Å². The molecule has 28 heavy (non-hydrogen) atoms. The van der Waals surface area contributed by atoms with Crippen molar-refractivity contribution in [3.05, 3.63) is 54.6 Å². The van der Waals surface area contributed by atoms with Gasteiger partial charge in [-0.3, -0.25) is 14.5 Å². The molecule has 146 valence electrons. The minimum absolute atomic E-state index is 0.0494. The van der Waals surface area contributed by atoms with Gasteiger partial charge in [-0.05, 0) is 24.3 Å². The number of ether oxygens (including phenoxy) is 2. The molecule has 0 aromatic heterocycles. The van der Waals surface area contributed by atoms with Gasteiger partial charge in [0.1, 0.15) is 6.61 Å². The number of para-hydroxylation sites is 3. The highest BCUT2D eigenvalue weighted by Gasteiger charge is 2.32. The number of fused-ring (bicyclic) bond motifs is 1. The molecule has 0 radical (unpaired) electrons. The van der Waals surface area contributed by atoms with E-state index in [9.17, 15) is 9.59 Å². The Hall–Kier alpha value is -3.06. The third-order valence-corrected chi connectivity index (χ3v) is 4.89. The van der Waals surface area contributed by atoms with Crippen molar-refractivity contribution in [2.45, 2.75) is 6.10 Å². The Morgan fingerprint density at radius 3 is 2.36 bits per heavy atom. The van der Waals surface area contributed by atoms with Gasteiger partial charge < -0.3 is 19.7 Å². The molecule has 2 heterocycles. The zero-order chi connectivity index (χ0) is 19.3. The van der Waals surface area contributed by atoms with E-state index in [-0.39, 0.29) is 18.4 Å². The molecule has 7 heteroatoms. The Morgan fingerprint density at radius 2 is 1.61 bits per heavy atom. The second-order valence-electron chi connectivity index (χ2n) is 6.88. The van der Waals surface area contributed by atoms with E-state index >= 15 is 0 Å². The zero-order valence-corrected chi connectivity index (χ0v) is 15.5. The SMILES string of the molecule is O=C(CN1CCN(C(=O)[C@H]2COc3ccccc3O2)CC1)Nc1ccccc1. The van der Waals surface area contributed by atoms with Crippen LogP contribution in [0.3, 0.4) is 0 Å². The molecular weight excluding hydrogens is 358 g/mol. The Balaban J connectivity index is 1.25. The quantitative estimate of drug-likeness (QED) is 0.871. The van der Waals surface area contributed by atoms with Gasteiger partial charge in [0.25, 0.3) is 5.91 Å². The van der Waals surface area contributed by atoms with Gasteiger partial charge in [-0.2, -0.15) is 0 Å². The summed E-state index contributed by atoms with van der Waals surface area (Å²) in [5.74, 6) is 1.15. The molecule has 2 aromatic rings. The van der Waals surface area contributed by atoms with E-state index in [1.165, 1.54) is 0 Å². The third kappa shape index (κ3) is 4.26. The number of nitrogens with one attached hydrogen (secondary N) is 1. The average molecular weight is 381 g/mol. The highest BCUT2D eigenvalue weighted by molar-refractivity contribution is 5.92. The van der Waals surface area contributed by atoms with Crippen molar-refractivity contribution in [1.29, 1.82) is 0 Å². The Labute approximate surface area is 163 Å². The van der Waals surface area contributed by atoms with Crippen LogP contribution in [-0.4, -0.2) is 67.0 Å². The fourth-order valence-electron chi connectivity index (χ4n) is 3.40. The van der Waals surface area contributed by atoms with Crippen LogP contribution in [0.2, 0.25) is 0 Å².